The summed E-state index contributed by atoms with van der Waals surface area (Å²) in [7, 11) is 2.19. The third-order valence-electron chi connectivity index (χ3n) is 4.15. The summed E-state index contributed by atoms with van der Waals surface area (Å²) in [6, 6.07) is 4.18. The highest BCUT2D eigenvalue weighted by Gasteiger charge is 2.20. The van der Waals surface area contributed by atoms with Crippen LogP contribution in [-0.4, -0.2) is 59.7 Å². The quantitative estimate of drug-likeness (QED) is 0.856. The number of hydrogen-bond acceptors (Lipinski definition) is 4. The molecule has 0 aliphatic carbocycles. The van der Waals surface area contributed by atoms with Crippen molar-refractivity contribution in [1.82, 2.24) is 14.8 Å². The molecule has 1 atom stereocenters. The number of likely N-dealkylation sites (tertiary alicyclic amines) is 1. The average molecular weight is 277 g/mol. The van der Waals surface area contributed by atoms with Crippen molar-refractivity contribution in [2.75, 3.05) is 39.8 Å². The maximum absolute atomic E-state index is 9.05. The minimum absolute atomic E-state index is 0.275. The standard InChI is InChI=1S/C16H27N3O/c1-14-16(6-3-7-17-14)13-18(2)11-15-5-4-8-19(12-15)9-10-20/h3,6-7,15,20H,4-5,8-13H2,1-2H3. The lowest BCUT2D eigenvalue weighted by molar-refractivity contribution is 0.119. The van der Waals surface area contributed by atoms with E-state index in [0.717, 1.165) is 44.3 Å². The third kappa shape index (κ3) is 4.54. The number of rotatable bonds is 6. The first-order chi connectivity index (χ1) is 9.69. The van der Waals surface area contributed by atoms with E-state index in [4.69, 9.17) is 5.11 Å². The summed E-state index contributed by atoms with van der Waals surface area (Å²) in [5.74, 6) is 0.720. The first-order valence-electron chi connectivity index (χ1n) is 7.61. The molecule has 1 aromatic rings. The summed E-state index contributed by atoms with van der Waals surface area (Å²) < 4.78 is 0. The van der Waals surface area contributed by atoms with E-state index in [-0.39, 0.29) is 6.61 Å². The van der Waals surface area contributed by atoms with Gasteiger partial charge >= 0.3 is 0 Å². The van der Waals surface area contributed by atoms with E-state index in [1.165, 1.54) is 18.4 Å². The van der Waals surface area contributed by atoms with Crippen LogP contribution in [-0.2, 0) is 6.54 Å². The molecule has 0 amide bonds. The van der Waals surface area contributed by atoms with Gasteiger partial charge in [0.2, 0.25) is 0 Å². The number of aliphatic hydroxyl groups is 1. The molecule has 112 valence electrons. The zero-order valence-corrected chi connectivity index (χ0v) is 12.8. The molecule has 2 rings (SSSR count). The molecule has 1 saturated heterocycles. The number of aliphatic hydroxyl groups excluding tert-OH is 1. The van der Waals surface area contributed by atoms with Gasteiger partial charge < -0.3 is 14.9 Å². The number of aromatic nitrogens is 1. The van der Waals surface area contributed by atoms with Gasteiger partial charge in [-0.05, 0) is 50.9 Å². The zero-order chi connectivity index (χ0) is 14.4. The molecule has 0 aromatic carbocycles. The van der Waals surface area contributed by atoms with Crippen LogP contribution in [0.15, 0.2) is 18.3 Å². The Kier molecular flexibility index (Phi) is 5.95. The van der Waals surface area contributed by atoms with Crippen molar-refractivity contribution in [2.45, 2.75) is 26.3 Å². The molecule has 0 spiro atoms. The van der Waals surface area contributed by atoms with E-state index in [1.54, 1.807) is 0 Å². The van der Waals surface area contributed by atoms with Crippen LogP contribution in [0.25, 0.3) is 0 Å². The van der Waals surface area contributed by atoms with E-state index in [9.17, 15) is 0 Å². The highest BCUT2D eigenvalue weighted by molar-refractivity contribution is 5.17. The van der Waals surface area contributed by atoms with Crippen LogP contribution < -0.4 is 0 Å². The summed E-state index contributed by atoms with van der Waals surface area (Å²) >= 11 is 0. The Hall–Kier alpha value is -0.970. The molecule has 1 aliphatic heterocycles. The van der Waals surface area contributed by atoms with Crippen molar-refractivity contribution in [2.24, 2.45) is 5.92 Å². The van der Waals surface area contributed by atoms with Gasteiger partial charge in [0.05, 0.1) is 6.61 Å². The molecule has 1 N–H and O–H groups in total. The van der Waals surface area contributed by atoms with Crippen LogP contribution in [0.4, 0.5) is 0 Å². The fourth-order valence-corrected chi connectivity index (χ4v) is 3.13. The van der Waals surface area contributed by atoms with Crippen LogP contribution >= 0.6 is 0 Å². The molecular formula is C16H27N3O. The van der Waals surface area contributed by atoms with Crippen LogP contribution in [0.1, 0.15) is 24.1 Å². The summed E-state index contributed by atoms with van der Waals surface area (Å²) in [6.45, 7) is 7.53. The van der Waals surface area contributed by atoms with Crippen molar-refractivity contribution < 1.29 is 5.11 Å². The Balaban J connectivity index is 1.82. The van der Waals surface area contributed by atoms with Crippen LogP contribution in [0.2, 0.25) is 0 Å². The van der Waals surface area contributed by atoms with Crippen molar-refractivity contribution in [3.05, 3.63) is 29.6 Å². The van der Waals surface area contributed by atoms with E-state index in [1.807, 2.05) is 12.3 Å². The molecule has 1 fully saturated rings. The summed E-state index contributed by atoms with van der Waals surface area (Å²) in [5, 5.41) is 9.05. The van der Waals surface area contributed by atoms with E-state index in [2.05, 4.69) is 34.8 Å². The average Bonchev–Trinajstić information content (AvgIpc) is 2.42. The number of nitrogens with zero attached hydrogens (tertiary/aromatic N) is 3. The Morgan fingerprint density at radius 2 is 2.35 bits per heavy atom. The Morgan fingerprint density at radius 3 is 3.10 bits per heavy atom. The highest BCUT2D eigenvalue weighted by atomic mass is 16.3. The monoisotopic (exact) mass is 277 g/mol. The Morgan fingerprint density at radius 1 is 1.50 bits per heavy atom. The van der Waals surface area contributed by atoms with Gasteiger partial charge in [0.1, 0.15) is 0 Å². The van der Waals surface area contributed by atoms with E-state index in [0.29, 0.717) is 0 Å². The smallest absolute Gasteiger partial charge is 0.0558 e. The highest BCUT2D eigenvalue weighted by Crippen LogP contribution is 2.18. The van der Waals surface area contributed by atoms with Gasteiger partial charge in [0, 0.05) is 38.1 Å². The van der Waals surface area contributed by atoms with Crippen molar-refractivity contribution in [1.29, 1.82) is 0 Å². The van der Waals surface area contributed by atoms with Crippen LogP contribution in [0.5, 0.6) is 0 Å². The van der Waals surface area contributed by atoms with Crippen molar-refractivity contribution in [3.63, 3.8) is 0 Å². The maximum atomic E-state index is 9.05. The molecule has 4 heteroatoms. The fourth-order valence-electron chi connectivity index (χ4n) is 3.13. The van der Waals surface area contributed by atoms with Gasteiger partial charge in [-0.1, -0.05) is 6.07 Å². The first kappa shape index (κ1) is 15.4. The molecule has 1 aliphatic rings. The van der Waals surface area contributed by atoms with Crippen molar-refractivity contribution >= 4 is 0 Å². The van der Waals surface area contributed by atoms with Gasteiger partial charge in [0.25, 0.3) is 0 Å². The van der Waals surface area contributed by atoms with Gasteiger partial charge in [-0.15, -0.1) is 0 Å². The predicted octanol–water partition coefficient (Wildman–Crippen LogP) is 1.53. The molecule has 4 nitrogen and oxygen atoms in total. The van der Waals surface area contributed by atoms with Crippen LogP contribution in [0, 0.1) is 12.8 Å². The van der Waals surface area contributed by atoms with E-state index < -0.39 is 0 Å². The normalized spacial score (nSPS) is 20.5. The SMILES string of the molecule is Cc1ncccc1CN(C)CC1CCCN(CCO)C1. The minimum atomic E-state index is 0.275. The zero-order valence-electron chi connectivity index (χ0n) is 12.8. The largest absolute Gasteiger partial charge is 0.395 e. The molecule has 20 heavy (non-hydrogen) atoms. The molecule has 1 unspecified atom stereocenters. The molecule has 2 heterocycles. The number of β-amino-alcohol motifs (C(OH)–C–C–N with tert-alkyl or cyclic N) is 1. The summed E-state index contributed by atoms with van der Waals surface area (Å²) in [5.41, 5.74) is 2.45. The lowest BCUT2D eigenvalue weighted by Crippen LogP contribution is -2.41. The summed E-state index contributed by atoms with van der Waals surface area (Å²) in [6.07, 6.45) is 4.41. The maximum Gasteiger partial charge on any atom is 0.0558 e. The molecule has 0 bridgehead atoms. The number of aryl methyl sites for hydroxylation is 1. The lowest BCUT2D eigenvalue weighted by Gasteiger charge is -2.34. The second kappa shape index (κ2) is 7.72. The number of pyridine rings is 1. The van der Waals surface area contributed by atoms with Gasteiger partial charge in [-0.3, -0.25) is 4.98 Å². The molecule has 0 saturated carbocycles. The van der Waals surface area contributed by atoms with Crippen molar-refractivity contribution in [3.8, 4) is 0 Å². The molecule has 0 radical (unpaired) electrons. The van der Waals surface area contributed by atoms with Gasteiger partial charge in [-0.25, -0.2) is 0 Å². The minimum Gasteiger partial charge on any atom is -0.395 e. The second-order valence-electron chi connectivity index (χ2n) is 5.98. The summed E-state index contributed by atoms with van der Waals surface area (Å²) in [4.78, 5) is 9.14. The third-order valence-corrected chi connectivity index (χ3v) is 4.15. The fraction of sp³-hybridized carbons (Fsp3) is 0.688. The lowest BCUT2D eigenvalue weighted by atomic mass is 9.97. The van der Waals surface area contributed by atoms with Crippen LogP contribution in [0.3, 0.4) is 0 Å². The molecule has 1 aromatic heterocycles. The van der Waals surface area contributed by atoms with Gasteiger partial charge in [-0.2, -0.15) is 0 Å². The Labute approximate surface area is 122 Å². The molecular weight excluding hydrogens is 250 g/mol. The van der Waals surface area contributed by atoms with E-state index >= 15 is 0 Å². The predicted molar refractivity (Wildman–Crippen MR) is 81.6 cm³/mol. The number of hydrogen-bond donors (Lipinski definition) is 1. The van der Waals surface area contributed by atoms with Gasteiger partial charge in [0.15, 0.2) is 0 Å². The first-order valence-corrected chi connectivity index (χ1v) is 7.61. The second-order valence-corrected chi connectivity index (χ2v) is 5.98. The Bertz CT molecular complexity index is 408. The number of piperidine rings is 1. The topological polar surface area (TPSA) is 39.6 Å².